The van der Waals surface area contributed by atoms with Gasteiger partial charge in [-0.1, -0.05) is 6.92 Å². The van der Waals surface area contributed by atoms with Crippen molar-refractivity contribution in [2.75, 3.05) is 0 Å². The van der Waals surface area contributed by atoms with Gasteiger partial charge in [-0.2, -0.15) is 10.2 Å². The first kappa shape index (κ1) is 13.3. The summed E-state index contributed by atoms with van der Waals surface area (Å²) >= 11 is 0. The highest BCUT2D eigenvalue weighted by atomic mass is 15.4. The molecule has 1 aliphatic rings. The molecule has 0 amide bonds. The lowest BCUT2D eigenvalue weighted by Crippen LogP contribution is -2.24. The minimum absolute atomic E-state index is 0.0903. The number of hydrogen-bond donors (Lipinski definition) is 0. The van der Waals surface area contributed by atoms with Gasteiger partial charge in [0.2, 0.25) is 0 Å². The van der Waals surface area contributed by atoms with Gasteiger partial charge in [0, 0.05) is 25.1 Å². The molecule has 0 saturated heterocycles. The number of aromatic nitrogens is 5. The van der Waals surface area contributed by atoms with E-state index in [0.717, 1.165) is 23.8 Å². The van der Waals surface area contributed by atoms with Crippen molar-refractivity contribution in [3.8, 4) is 11.5 Å². The lowest BCUT2D eigenvalue weighted by atomic mass is 10.1. The molecule has 3 rings (SSSR count). The lowest BCUT2D eigenvalue weighted by molar-refractivity contribution is 0.357. The van der Waals surface area contributed by atoms with Crippen LogP contribution in [-0.4, -0.2) is 24.5 Å². The number of rotatable bonds is 3. The molecule has 1 saturated carbocycles. The molecule has 2 heterocycles. The summed E-state index contributed by atoms with van der Waals surface area (Å²) in [5, 5.41) is 9.29. The highest BCUT2D eigenvalue weighted by Crippen LogP contribution is 2.41. The van der Waals surface area contributed by atoms with Crippen LogP contribution in [0.2, 0.25) is 0 Å². The van der Waals surface area contributed by atoms with Crippen LogP contribution in [0, 0.1) is 0 Å². The molecule has 5 nitrogen and oxygen atoms in total. The van der Waals surface area contributed by atoms with E-state index in [1.807, 2.05) is 16.4 Å². The summed E-state index contributed by atoms with van der Waals surface area (Å²) in [5.41, 5.74) is 2.17. The Morgan fingerprint density at radius 2 is 1.95 bits per heavy atom. The number of nitrogens with zero attached hydrogens (tertiary/aromatic N) is 5. The van der Waals surface area contributed by atoms with E-state index in [1.54, 1.807) is 0 Å². The molecule has 0 aliphatic heterocycles. The maximum Gasteiger partial charge on any atom is 0.179 e. The third-order valence-electron chi connectivity index (χ3n) is 3.74. The molecule has 1 aliphatic carbocycles. The lowest BCUT2D eigenvalue weighted by Gasteiger charge is -2.20. The third kappa shape index (κ3) is 2.25. The van der Waals surface area contributed by atoms with E-state index in [4.69, 9.17) is 0 Å². The van der Waals surface area contributed by atoms with Gasteiger partial charge in [-0.15, -0.1) is 0 Å². The molecule has 0 spiro atoms. The smallest absolute Gasteiger partial charge is 0.179 e. The van der Waals surface area contributed by atoms with Crippen LogP contribution in [0.15, 0.2) is 6.07 Å². The maximum absolute atomic E-state index is 4.68. The van der Waals surface area contributed by atoms with Crippen LogP contribution >= 0.6 is 0 Å². The molecule has 2 aromatic rings. The molecule has 20 heavy (non-hydrogen) atoms. The third-order valence-corrected chi connectivity index (χ3v) is 3.74. The van der Waals surface area contributed by atoms with Crippen molar-refractivity contribution in [1.82, 2.24) is 24.5 Å². The van der Waals surface area contributed by atoms with Gasteiger partial charge in [0.05, 0.1) is 5.54 Å². The van der Waals surface area contributed by atoms with Crippen molar-refractivity contribution >= 4 is 0 Å². The van der Waals surface area contributed by atoms with Crippen molar-refractivity contribution < 1.29 is 0 Å². The summed E-state index contributed by atoms with van der Waals surface area (Å²) in [4.78, 5) is 4.68. The quantitative estimate of drug-likeness (QED) is 0.864. The average molecular weight is 273 g/mol. The predicted octanol–water partition coefficient (Wildman–Crippen LogP) is 2.87. The van der Waals surface area contributed by atoms with E-state index in [1.165, 1.54) is 18.5 Å². The zero-order valence-corrected chi connectivity index (χ0v) is 13.0. The molecular formula is C15H23N5. The van der Waals surface area contributed by atoms with Crippen LogP contribution in [-0.2, 0) is 19.0 Å². The van der Waals surface area contributed by atoms with E-state index in [9.17, 15) is 0 Å². The normalized spacial score (nSPS) is 15.8. The van der Waals surface area contributed by atoms with Gasteiger partial charge in [-0.3, -0.25) is 4.68 Å². The molecule has 2 aromatic heterocycles. The Morgan fingerprint density at radius 1 is 1.25 bits per heavy atom. The largest absolute Gasteiger partial charge is 0.272 e. The topological polar surface area (TPSA) is 48.5 Å². The highest BCUT2D eigenvalue weighted by molar-refractivity contribution is 5.51. The number of aryl methyl sites for hydroxylation is 2. The molecular weight excluding hydrogens is 250 g/mol. The molecule has 108 valence electrons. The summed E-state index contributed by atoms with van der Waals surface area (Å²) in [5.74, 6) is 2.46. The van der Waals surface area contributed by atoms with Crippen molar-refractivity contribution in [2.24, 2.45) is 7.05 Å². The van der Waals surface area contributed by atoms with Crippen molar-refractivity contribution in [3.05, 3.63) is 17.6 Å². The minimum atomic E-state index is -0.0903. The molecule has 0 radical (unpaired) electrons. The van der Waals surface area contributed by atoms with Gasteiger partial charge < -0.3 is 0 Å². The minimum Gasteiger partial charge on any atom is -0.272 e. The summed E-state index contributed by atoms with van der Waals surface area (Å²) in [6, 6.07) is 2.18. The number of hydrogen-bond acceptors (Lipinski definition) is 3. The Bertz CT molecular complexity index is 625. The molecule has 1 fully saturated rings. The fraction of sp³-hybridized carbons (Fsp3) is 0.667. The standard InChI is InChI=1S/C15H23N5/c1-6-13-16-14(20(18-13)15(2,3)4)11-9-12(10-7-8-10)19(5)17-11/h9-10H,6-8H2,1-5H3. The first-order chi connectivity index (χ1) is 9.40. The second kappa shape index (κ2) is 4.43. The summed E-state index contributed by atoms with van der Waals surface area (Å²) in [7, 11) is 2.02. The highest BCUT2D eigenvalue weighted by Gasteiger charge is 2.29. The summed E-state index contributed by atoms with van der Waals surface area (Å²) in [6.45, 7) is 8.53. The Hall–Kier alpha value is -1.65. The van der Waals surface area contributed by atoms with E-state index in [2.05, 4.69) is 48.9 Å². The first-order valence-corrected chi connectivity index (χ1v) is 7.41. The predicted molar refractivity (Wildman–Crippen MR) is 78.6 cm³/mol. The van der Waals surface area contributed by atoms with Gasteiger partial charge in [-0.05, 0) is 39.7 Å². The molecule has 0 aromatic carbocycles. The second-order valence-corrected chi connectivity index (χ2v) is 6.64. The van der Waals surface area contributed by atoms with Crippen LogP contribution in [0.1, 0.15) is 58.0 Å². The first-order valence-electron chi connectivity index (χ1n) is 7.41. The molecule has 0 atom stereocenters. The Morgan fingerprint density at radius 3 is 2.50 bits per heavy atom. The van der Waals surface area contributed by atoms with Crippen molar-refractivity contribution in [3.63, 3.8) is 0 Å². The molecule has 0 bridgehead atoms. The van der Waals surface area contributed by atoms with E-state index in [0.29, 0.717) is 5.92 Å². The Balaban J connectivity index is 2.08. The molecule has 0 unspecified atom stereocenters. The SMILES string of the molecule is CCc1nc(-c2cc(C3CC3)n(C)n2)n(C(C)(C)C)n1. The van der Waals surface area contributed by atoms with Gasteiger partial charge in [-0.25, -0.2) is 9.67 Å². The Kier molecular flexibility index (Phi) is 2.96. The van der Waals surface area contributed by atoms with Gasteiger partial charge in [0.25, 0.3) is 0 Å². The van der Waals surface area contributed by atoms with Crippen molar-refractivity contribution in [1.29, 1.82) is 0 Å². The van der Waals surface area contributed by atoms with Gasteiger partial charge in [0.1, 0.15) is 5.69 Å². The average Bonchev–Trinajstić information content (AvgIpc) is 2.98. The second-order valence-electron chi connectivity index (χ2n) is 6.64. The van der Waals surface area contributed by atoms with E-state index in [-0.39, 0.29) is 5.54 Å². The fourth-order valence-corrected chi connectivity index (χ4v) is 2.49. The fourth-order valence-electron chi connectivity index (χ4n) is 2.49. The molecule has 0 N–H and O–H groups in total. The van der Waals surface area contributed by atoms with Gasteiger partial charge >= 0.3 is 0 Å². The van der Waals surface area contributed by atoms with Crippen molar-refractivity contribution in [2.45, 2.75) is 58.4 Å². The zero-order chi connectivity index (χ0) is 14.5. The summed E-state index contributed by atoms with van der Waals surface area (Å²) < 4.78 is 4.01. The van der Waals surface area contributed by atoms with Gasteiger partial charge in [0.15, 0.2) is 11.6 Å². The summed E-state index contributed by atoms with van der Waals surface area (Å²) in [6.07, 6.45) is 3.41. The maximum atomic E-state index is 4.68. The van der Waals surface area contributed by atoms with Crippen LogP contribution in [0.25, 0.3) is 11.5 Å². The van der Waals surface area contributed by atoms with Crippen LogP contribution < -0.4 is 0 Å². The zero-order valence-electron chi connectivity index (χ0n) is 13.0. The molecule has 5 heteroatoms. The van der Waals surface area contributed by atoms with Crippen LogP contribution in [0.5, 0.6) is 0 Å². The van der Waals surface area contributed by atoms with Crippen LogP contribution in [0.3, 0.4) is 0 Å². The monoisotopic (exact) mass is 273 g/mol. The van der Waals surface area contributed by atoms with E-state index < -0.39 is 0 Å². The van der Waals surface area contributed by atoms with Crippen LogP contribution in [0.4, 0.5) is 0 Å². The van der Waals surface area contributed by atoms with E-state index >= 15 is 0 Å². The Labute approximate surface area is 120 Å².